The van der Waals surface area contributed by atoms with Gasteiger partial charge in [-0.2, -0.15) is 0 Å². The second-order valence-electron chi connectivity index (χ2n) is 2.44. The number of methoxy groups -OCH3 is 2. The number of esters is 1. The van der Waals surface area contributed by atoms with Crippen LogP contribution in [0.25, 0.3) is 0 Å². The van der Waals surface area contributed by atoms with Crippen LogP contribution < -0.4 is 0 Å². The lowest BCUT2D eigenvalue weighted by molar-refractivity contribution is -0.331. The Hall–Kier alpha value is -1.40. The molecule has 0 saturated carbocycles. The molecule has 0 aromatic heterocycles. The van der Waals surface area contributed by atoms with E-state index in [4.69, 9.17) is 5.11 Å². The Labute approximate surface area is 81.1 Å². The SMILES string of the molecule is C=C(C(=O)O)C(=O)OC(C)(OC)OC. The van der Waals surface area contributed by atoms with Crippen LogP contribution in [0.3, 0.4) is 0 Å². The van der Waals surface area contributed by atoms with Gasteiger partial charge in [-0.05, 0) is 0 Å². The maximum Gasteiger partial charge on any atom is 0.349 e. The van der Waals surface area contributed by atoms with Crippen molar-refractivity contribution >= 4 is 11.9 Å². The summed E-state index contributed by atoms with van der Waals surface area (Å²) < 4.78 is 14.0. The summed E-state index contributed by atoms with van der Waals surface area (Å²) >= 11 is 0. The molecule has 80 valence electrons. The molecule has 0 fully saturated rings. The van der Waals surface area contributed by atoms with Gasteiger partial charge in [0.25, 0.3) is 0 Å². The fourth-order valence-electron chi connectivity index (χ4n) is 0.484. The van der Waals surface area contributed by atoms with Crippen LogP contribution in [0.2, 0.25) is 0 Å². The van der Waals surface area contributed by atoms with E-state index in [2.05, 4.69) is 20.8 Å². The van der Waals surface area contributed by atoms with Crippen LogP contribution in [0, 0.1) is 0 Å². The van der Waals surface area contributed by atoms with Crippen LogP contribution in [-0.2, 0) is 23.8 Å². The first-order chi connectivity index (χ1) is 6.36. The maximum absolute atomic E-state index is 11.1. The molecule has 0 bridgehead atoms. The van der Waals surface area contributed by atoms with E-state index in [0.717, 1.165) is 0 Å². The first-order valence-electron chi connectivity index (χ1n) is 3.62. The Kier molecular flexibility index (Phi) is 4.26. The highest BCUT2D eigenvalue weighted by Gasteiger charge is 2.30. The summed E-state index contributed by atoms with van der Waals surface area (Å²) in [5.41, 5.74) is -0.690. The van der Waals surface area contributed by atoms with E-state index in [1.54, 1.807) is 0 Å². The smallest absolute Gasteiger partial charge is 0.349 e. The largest absolute Gasteiger partial charge is 0.477 e. The van der Waals surface area contributed by atoms with Crippen molar-refractivity contribution in [1.29, 1.82) is 0 Å². The molecule has 0 aliphatic rings. The molecule has 6 nitrogen and oxygen atoms in total. The van der Waals surface area contributed by atoms with Crippen molar-refractivity contribution < 1.29 is 28.9 Å². The summed E-state index contributed by atoms with van der Waals surface area (Å²) in [4.78, 5) is 21.4. The first kappa shape index (κ1) is 12.6. The highest BCUT2D eigenvalue weighted by Crippen LogP contribution is 2.13. The van der Waals surface area contributed by atoms with E-state index in [0.29, 0.717) is 0 Å². The van der Waals surface area contributed by atoms with Crippen LogP contribution in [0.4, 0.5) is 0 Å². The number of carboxylic acid groups (broad SMARTS) is 1. The minimum atomic E-state index is -1.60. The van der Waals surface area contributed by atoms with Crippen LogP contribution in [0.1, 0.15) is 6.92 Å². The van der Waals surface area contributed by atoms with E-state index in [1.165, 1.54) is 21.1 Å². The fraction of sp³-hybridized carbons (Fsp3) is 0.500. The lowest BCUT2D eigenvalue weighted by Gasteiger charge is -2.25. The molecule has 0 rings (SSSR count). The molecule has 0 aliphatic heterocycles. The molecule has 0 aromatic carbocycles. The Bertz CT molecular complexity index is 253. The zero-order valence-corrected chi connectivity index (χ0v) is 8.20. The third-order valence-corrected chi connectivity index (χ3v) is 1.52. The number of carbonyl (C=O) groups is 2. The molecule has 0 unspecified atom stereocenters. The normalized spacial score (nSPS) is 10.8. The van der Waals surface area contributed by atoms with Crippen molar-refractivity contribution in [3.63, 3.8) is 0 Å². The Morgan fingerprint density at radius 2 is 1.71 bits per heavy atom. The van der Waals surface area contributed by atoms with Gasteiger partial charge in [0.05, 0.1) is 0 Å². The van der Waals surface area contributed by atoms with Crippen molar-refractivity contribution in [3.05, 3.63) is 12.2 Å². The van der Waals surface area contributed by atoms with Crippen molar-refractivity contribution in [2.75, 3.05) is 14.2 Å². The summed E-state index contributed by atoms with van der Waals surface area (Å²) in [5.74, 6) is -4.16. The summed E-state index contributed by atoms with van der Waals surface area (Å²) in [6.45, 7) is 4.34. The molecule has 0 radical (unpaired) electrons. The molecule has 14 heavy (non-hydrogen) atoms. The predicted octanol–water partition coefficient (Wildman–Crippen LogP) is 0.137. The number of rotatable bonds is 5. The van der Waals surface area contributed by atoms with Crippen LogP contribution in [-0.4, -0.2) is 37.2 Å². The van der Waals surface area contributed by atoms with E-state index < -0.39 is 23.5 Å². The molecule has 0 heterocycles. The topological polar surface area (TPSA) is 82.1 Å². The Morgan fingerprint density at radius 3 is 2.00 bits per heavy atom. The summed E-state index contributed by atoms with van der Waals surface area (Å²) in [5, 5.41) is 8.41. The standard InChI is InChI=1S/C8H12O6/c1-5(6(9)10)7(11)14-8(2,12-3)13-4/h1H2,2-4H3,(H,9,10). The molecule has 0 aromatic rings. The molecular formula is C8H12O6. The number of hydrogen-bond donors (Lipinski definition) is 1. The second-order valence-corrected chi connectivity index (χ2v) is 2.44. The molecular weight excluding hydrogens is 192 g/mol. The van der Waals surface area contributed by atoms with Crippen molar-refractivity contribution in [2.24, 2.45) is 0 Å². The van der Waals surface area contributed by atoms with Crippen LogP contribution >= 0.6 is 0 Å². The zero-order valence-electron chi connectivity index (χ0n) is 8.20. The minimum absolute atomic E-state index is 0.690. The first-order valence-corrected chi connectivity index (χ1v) is 3.62. The zero-order chi connectivity index (χ0) is 11.4. The predicted molar refractivity (Wildman–Crippen MR) is 45.3 cm³/mol. The van der Waals surface area contributed by atoms with Gasteiger partial charge in [0.2, 0.25) is 0 Å². The minimum Gasteiger partial charge on any atom is -0.477 e. The van der Waals surface area contributed by atoms with Gasteiger partial charge < -0.3 is 19.3 Å². The fourth-order valence-corrected chi connectivity index (χ4v) is 0.484. The summed E-state index contributed by atoms with van der Waals surface area (Å²) in [6.07, 6.45) is 0. The monoisotopic (exact) mass is 204 g/mol. The summed E-state index contributed by atoms with van der Waals surface area (Å²) in [6, 6.07) is 0. The van der Waals surface area contributed by atoms with Gasteiger partial charge in [-0.15, -0.1) is 0 Å². The molecule has 0 aliphatic carbocycles. The van der Waals surface area contributed by atoms with Crippen molar-refractivity contribution in [3.8, 4) is 0 Å². The molecule has 6 heteroatoms. The Balaban J connectivity index is 4.45. The van der Waals surface area contributed by atoms with Gasteiger partial charge in [0.15, 0.2) is 0 Å². The van der Waals surface area contributed by atoms with E-state index >= 15 is 0 Å². The van der Waals surface area contributed by atoms with Gasteiger partial charge in [-0.1, -0.05) is 6.58 Å². The average Bonchev–Trinajstić information content (AvgIpc) is 2.16. The molecule has 1 N–H and O–H groups in total. The maximum atomic E-state index is 11.1. The highest BCUT2D eigenvalue weighted by atomic mass is 16.9. The van der Waals surface area contributed by atoms with Gasteiger partial charge in [0.1, 0.15) is 5.57 Å². The lowest BCUT2D eigenvalue weighted by Crippen LogP contribution is -2.36. The van der Waals surface area contributed by atoms with E-state index in [1.807, 2.05) is 0 Å². The van der Waals surface area contributed by atoms with Gasteiger partial charge in [0, 0.05) is 21.1 Å². The third kappa shape index (κ3) is 3.15. The van der Waals surface area contributed by atoms with Crippen molar-refractivity contribution in [2.45, 2.75) is 12.9 Å². The number of carboxylic acids is 1. The number of ether oxygens (including phenoxy) is 3. The van der Waals surface area contributed by atoms with E-state index in [9.17, 15) is 9.59 Å². The Morgan fingerprint density at radius 1 is 1.29 bits per heavy atom. The molecule has 0 atom stereocenters. The quantitative estimate of drug-likeness (QED) is 0.225. The summed E-state index contributed by atoms with van der Waals surface area (Å²) in [7, 11) is 2.50. The third-order valence-electron chi connectivity index (χ3n) is 1.52. The van der Waals surface area contributed by atoms with E-state index in [-0.39, 0.29) is 0 Å². The number of aliphatic carboxylic acids is 1. The average molecular weight is 204 g/mol. The number of hydrogen-bond acceptors (Lipinski definition) is 5. The lowest BCUT2D eigenvalue weighted by atomic mass is 10.3. The van der Waals surface area contributed by atoms with Crippen LogP contribution in [0.15, 0.2) is 12.2 Å². The van der Waals surface area contributed by atoms with Crippen molar-refractivity contribution in [1.82, 2.24) is 0 Å². The highest BCUT2D eigenvalue weighted by molar-refractivity contribution is 6.12. The van der Waals surface area contributed by atoms with Gasteiger partial charge in [-0.25, -0.2) is 9.59 Å². The molecule has 0 spiro atoms. The molecule has 0 amide bonds. The number of carbonyl (C=O) groups excluding carboxylic acids is 1. The van der Waals surface area contributed by atoms with Gasteiger partial charge >= 0.3 is 17.9 Å². The van der Waals surface area contributed by atoms with Crippen LogP contribution in [0.5, 0.6) is 0 Å². The second kappa shape index (κ2) is 4.73. The molecule has 0 saturated heterocycles. The van der Waals surface area contributed by atoms with Gasteiger partial charge in [-0.3, -0.25) is 0 Å².